The second kappa shape index (κ2) is 4.44. The molecule has 0 aliphatic carbocycles. The lowest BCUT2D eigenvalue weighted by Crippen LogP contribution is -1.98. The van der Waals surface area contributed by atoms with Gasteiger partial charge >= 0.3 is 0 Å². The Balaban J connectivity index is 0.000000810. The Morgan fingerprint density at radius 1 is 1.50 bits per heavy atom. The number of aryl methyl sites for hydroxylation is 2. The molecule has 0 amide bonds. The second-order valence-corrected chi connectivity index (χ2v) is 1.88. The molecule has 0 aliphatic rings. The molecule has 1 heterocycles. The molecule has 0 aromatic carbocycles. The van der Waals surface area contributed by atoms with Crippen LogP contribution in [0.1, 0.15) is 19.5 Å². The Bertz CT molecular complexity index is 166. The Labute approximate surface area is 71.2 Å². The highest BCUT2D eigenvalue weighted by Gasteiger charge is 1.92. The maximum atomic E-state index is 4.15. The van der Waals surface area contributed by atoms with Gasteiger partial charge in [0, 0.05) is 0 Å². The zero-order valence-electron chi connectivity index (χ0n) is 6.24. The van der Waals surface area contributed by atoms with Crippen molar-refractivity contribution in [2.24, 2.45) is 0 Å². The summed E-state index contributed by atoms with van der Waals surface area (Å²) in [5, 5.41) is 8.16. The summed E-state index contributed by atoms with van der Waals surface area (Å²) >= 11 is 0. The minimum atomic E-state index is 0. The third kappa shape index (κ3) is 2.10. The van der Waals surface area contributed by atoms with Crippen molar-refractivity contribution in [3.63, 3.8) is 0 Å². The lowest BCUT2D eigenvalue weighted by molar-refractivity contribution is 0.564. The van der Waals surface area contributed by atoms with E-state index in [1.165, 1.54) is 0 Å². The molecule has 0 saturated heterocycles. The van der Waals surface area contributed by atoms with E-state index >= 15 is 0 Å². The van der Waals surface area contributed by atoms with Gasteiger partial charge in [0.2, 0.25) is 0 Å². The summed E-state index contributed by atoms with van der Waals surface area (Å²) in [6.45, 7) is 4.96. The van der Waals surface area contributed by atoms with Gasteiger partial charge in [-0.1, -0.05) is 6.92 Å². The van der Waals surface area contributed by atoms with Gasteiger partial charge in [-0.25, -0.2) is 0 Å². The molecule has 3 nitrogen and oxygen atoms in total. The molecule has 0 spiro atoms. The maximum absolute atomic E-state index is 4.15. The first-order valence-corrected chi connectivity index (χ1v) is 3.25. The SMILES string of the molecule is Br.CCc1cnn(CC)n1. The van der Waals surface area contributed by atoms with E-state index in [2.05, 4.69) is 17.1 Å². The molecule has 1 rings (SSSR count). The van der Waals surface area contributed by atoms with Crippen molar-refractivity contribution in [1.82, 2.24) is 15.0 Å². The van der Waals surface area contributed by atoms with Crippen molar-refractivity contribution in [2.45, 2.75) is 26.8 Å². The quantitative estimate of drug-likeness (QED) is 0.732. The van der Waals surface area contributed by atoms with E-state index in [1.807, 2.05) is 13.1 Å². The molecule has 0 N–H and O–H groups in total. The number of aromatic nitrogens is 3. The Hall–Kier alpha value is -0.380. The van der Waals surface area contributed by atoms with Crippen LogP contribution in [0.15, 0.2) is 6.20 Å². The molecule has 0 saturated carbocycles. The van der Waals surface area contributed by atoms with E-state index in [9.17, 15) is 0 Å². The summed E-state index contributed by atoms with van der Waals surface area (Å²) in [4.78, 5) is 1.69. The van der Waals surface area contributed by atoms with Gasteiger partial charge in [-0.2, -0.15) is 15.0 Å². The number of hydrogen-bond acceptors (Lipinski definition) is 2. The first-order valence-electron chi connectivity index (χ1n) is 3.25. The van der Waals surface area contributed by atoms with Crippen LogP contribution in [0.4, 0.5) is 0 Å². The normalized spacial score (nSPS) is 9.00. The molecule has 0 unspecified atom stereocenters. The number of halogens is 1. The van der Waals surface area contributed by atoms with Crippen LogP contribution in [-0.4, -0.2) is 15.0 Å². The van der Waals surface area contributed by atoms with Crippen LogP contribution in [0.2, 0.25) is 0 Å². The van der Waals surface area contributed by atoms with Crippen molar-refractivity contribution in [2.75, 3.05) is 0 Å². The number of hydrogen-bond donors (Lipinski definition) is 0. The fourth-order valence-electron chi connectivity index (χ4n) is 0.648. The summed E-state index contributed by atoms with van der Waals surface area (Å²) in [6, 6.07) is 0. The predicted octanol–water partition coefficient (Wildman–Crippen LogP) is 1.44. The Kier molecular flexibility index (Phi) is 4.27. The van der Waals surface area contributed by atoms with E-state index in [-0.39, 0.29) is 17.0 Å². The van der Waals surface area contributed by atoms with E-state index in [0.717, 1.165) is 18.7 Å². The van der Waals surface area contributed by atoms with Crippen molar-refractivity contribution >= 4 is 17.0 Å². The Morgan fingerprint density at radius 2 is 2.20 bits per heavy atom. The average molecular weight is 206 g/mol. The zero-order chi connectivity index (χ0) is 6.69. The summed E-state index contributed by atoms with van der Waals surface area (Å²) in [5.74, 6) is 0. The highest BCUT2D eigenvalue weighted by molar-refractivity contribution is 8.93. The minimum absolute atomic E-state index is 0. The van der Waals surface area contributed by atoms with Gasteiger partial charge in [-0.15, -0.1) is 17.0 Å². The van der Waals surface area contributed by atoms with E-state index in [0.29, 0.717) is 0 Å². The molecule has 0 radical (unpaired) electrons. The van der Waals surface area contributed by atoms with Crippen LogP contribution in [0.5, 0.6) is 0 Å². The largest absolute Gasteiger partial charge is 0.185 e. The molecule has 4 heteroatoms. The van der Waals surface area contributed by atoms with E-state index in [4.69, 9.17) is 0 Å². The zero-order valence-corrected chi connectivity index (χ0v) is 7.95. The van der Waals surface area contributed by atoms with Gasteiger partial charge < -0.3 is 0 Å². The lowest BCUT2D eigenvalue weighted by Gasteiger charge is -1.87. The first kappa shape index (κ1) is 9.62. The summed E-state index contributed by atoms with van der Waals surface area (Å²) in [7, 11) is 0. The van der Waals surface area contributed by atoms with Crippen molar-refractivity contribution in [3.8, 4) is 0 Å². The summed E-state index contributed by atoms with van der Waals surface area (Å²) in [5.41, 5.74) is 1.07. The fraction of sp³-hybridized carbons (Fsp3) is 0.667. The summed E-state index contributed by atoms with van der Waals surface area (Å²) < 4.78 is 0. The van der Waals surface area contributed by atoms with Crippen LogP contribution in [0.25, 0.3) is 0 Å². The maximum Gasteiger partial charge on any atom is 0.0824 e. The molecule has 1 aromatic heterocycles. The fourth-order valence-corrected chi connectivity index (χ4v) is 0.648. The molecular weight excluding hydrogens is 194 g/mol. The van der Waals surface area contributed by atoms with Crippen LogP contribution in [0.3, 0.4) is 0 Å². The Morgan fingerprint density at radius 3 is 2.50 bits per heavy atom. The highest BCUT2D eigenvalue weighted by atomic mass is 79.9. The third-order valence-electron chi connectivity index (χ3n) is 1.23. The van der Waals surface area contributed by atoms with Crippen molar-refractivity contribution < 1.29 is 0 Å². The smallest absolute Gasteiger partial charge is 0.0824 e. The molecular formula is C6H12BrN3. The average Bonchev–Trinajstić information content (AvgIpc) is 2.34. The van der Waals surface area contributed by atoms with Crippen molar-refractivity contribution in [1.29, 1.82) is 0 Å². The topological polar surface area (TPSA) is 30.7 Å². The number of nitrogens with zero attached hydrogens (tertiary/aromatic N) is 3. The summed E-state index contributed by atoms with van der Waals surface area (Å²) in [6.07, 6.45) is 2.78. The third-order valence-corrected chi connectivity index (χ3v) is 1.23. The van der Waals surface area contributed by atoms with Gasteiger partial charge in [0.25, 0.3) is 0 Å². The minimum Gasteiger partial charge on any atom is -0.185 e. The lowest BCUT2D eigenvalue weighted by atomic mass is 10.4. The molecule has 0 bridgehead atoms. The molecule has 0 fully saturated rings. The van der Waals surface area contributed by atoms with Gasteiger partial charge in [-0.05, 0) is 13.3 Å². The van der Waals surface area contributed by atoms with Gasteiger partial charge in [0.15, 0.2) is 0 Å². The standard InChI is InChI=1S/C6H11N3.BrH/c1-3-6-5-7-9(4-2)8-6;/h5H,3-4H2,1-2H3;1H. The van der Waals surface area contributed by atoms with Gasteiger partial charge in [0.1, 0.15) is 0 Å². The molecule has 0 aliphatic heterocycles. The van der Waals surface area contributed by atoms with E-state index in [1.54, 1.807) is 4.80 Å². The van der Waals surface area contributed by atoms with Crippen LogP contribution in [0, 0.1) is 0 Å². The van der Waals surface area contributed by atoms with Crippen LogP contribution in [-0.2, 0) is 13.0 Å². The van der Waals surface area contributed by atoms with Crippen LogP contribution >= 0.6 is 17.0 Å². The first-order chi connectivity index (χ1) is 4.36. The van der Waals surface area contributed by atoms with Crippen molar-refractivity contribution in [3.05, 3.63) is 11.9 Å². The second-order valence-electron chi connectivity index (χ2n) is 1.88. The predicted molar refractivity (Wildman–Crippen MR) is 45.4 cm³/mol. The molecule has 58 valence electrons. The molecule has 1 aromatic rings. The van der Waals surface area contributed by atoms with Gasteiger partial charge in [-0.3, -0.25) is 0 Å². The monoisotopic (exact) mass is 205 g/mol. The highest BCUT2D eigenvalue weighted by Crippen LogP contribution is 1.90. The van der Waals surface area contributed by atoms with Gasteiger partial charge in [0.05, 0.1) is 18.4 Å². The molecule has 10 heavy (non-hydrogen) atoms. The number of rotatable bonds is 2. The van der Waals surface area contributed by atoms with E-state index < -0.39 is 0 Å². The molecule has 0 atom stereocenters. The van der Waals surface area contributed by atoms with Crippen LogP contribution < -0.4 is 0 Å².